The van der Waals surface area contributed by atoms with E-state index in [0.29, 0.717) is 57.5 Å². The van der Waals surface area contributed by atoms with Crippen LogP contribution >= 0.6 is 0 Å². The second kappa shape index (κ2) is 18.5. The number of allylic oxidation sites excluding steroid dienone is 2. The van der Waals surface area contributed by atoms with Gasteiger partial charge in [0.15, 0.2) is 0 Å². The molecule has 2 aliphatic carbocycles. The van der Waals surface area contributed by atoms with Gasteiger partial charge in [-0.3, -0.25) is 28.9 Å². The second-order valence-electron chi connectivity index (χ2n) is 17.8. The fraction of sp³-hybridized carbons (Fsp3) is 0.659. The highest BCUT2D eigenvalue weighted by Gasteiger charge is 2.59. The van der Waals surface area contributed by atoms with Crippen molar-refractivity contribution >= 4 is 29.6 Å². The molecule has 13 heteroatoms. The van der Waals surface area contributed by atoms with Gasteiger partial charge in [-0.1, -0.05) is 68.0 Å². The number of amides is 4. The van der Waals surface area contributed by atoms with Crippen LogP contribution in [0.15, 0.2) is 48.7 Å². The van der Waals surface area contributed by atoms with Gasteiger partial charge in [0, 0.05) is 45.0 Å². The summed E-state index contributed by atoms with van der Waals surface area (Å²) in [5.41, 5.74) is -0.179. The van der Waals surface area contributed by atoms with E-state index in [2.05, 4.69) is 67.6 Å². The molecule has 3 aliphatic rings. The summed E-state index contributed by atoms with van der Waals surface area (Å²) >= 11 is 0. The number of ether oxygens (including phenoxy) is 1. The van der Waals surface area contributed by atoms with Crippen molar-refractivity contribution in [3.63, 3.8) is 0 Å². The summed E-state index contributed by atoms with van der Waals surface area (Å²) in [5, 5.41) is 21.0. The predicted octanol–water partition coefficient (Wildman–Crippen LogP) is 5.39. The Morgan fingerprint density at radius 2 is 1.61 bits per heavy atom. The Bertz CT molecular complexity index is 1740. The first-order chi connectivity index (χ1) is 27.0. The molecule has 2 N–H and O–H groups in total. The molecule has 1 aromatic heterocycles. The van der Waals surface area contributed by atoms with E-state index in [4.69, 9.17) is 9.84 Å². The van der Waals surface area contributed by atoms with Crippen LogP contribution in [0.1, 0.15) is 117 Å². The quantitative estimate of drug-likeness (QED) is 0.0690. The summed E-state index contributed by atoms with van der Waals surface area (Å²) in [4.78, 5) is 68.8. The van der Waals surface area contributed by atoms with Gasteiger partial charge in [0.25, 0.3) is 0 Å². The first kappa shape index (κ1) is 43.7. The molecule has 2 aromatic rings. The molecule has 2 heterocycles. The van der Waals surface area contributed by atoms with Gasteiger partial charge < -0.3 is 20.1 Å². The molecule has 5 rings (SSSR count). The molecule has 57 heavy (non-hydrogen) atoms. The van der Waals surface area contributed by atoms with Crippen LogP contribution in [-0.4, -0.2) is 92.3 Å². The number of benzene rings is 1. The molecular weight excluding hydrogens is 725 g/mol. The molecule has 1 saturated heterocycles. The lowest BCUT2D eigenvalue weighted by molar-refractivity contribution is -0.161. The van der Waals surface area contributed by atoms with Gasteiger partial charge in [-0.15, -0.1) is 5.10 Å². The third-order valence-corrected chi connectivity index (χ3v) is 13.2. The molecule has 1 aliphatic heterocycles. The number of nitrogens with one attached hydrogen (secondary N) is 1. The lowest BCUT2D eigenvalue weighted by atomic mass is 9.61. The molecule has 2 fully saturated rings. The van der Waals surface area contributed by atoms with Crippen molar-refractivity contribution in [3.05, 3.63) is 59.9 Å². The molecule has 0 radical (unpaired) electrons. The third-order valence-electron chi connectivity index (χ3n) is 13.2. The Morgan fingerprint density at radius 1 is 0.947 bits per heavy atom. The molecule has 5 atom stereocenters. The van der Waals surface area contributed by atoms with Gasteiger partial charge >= 0.3 is 5.97 Å². The highest BCUT2D eigenvalue weighted by atomic mass is 16.5. The van der Waals surface area contributed by atoms with E-state index in [0.717, 1.165) is 12.0 Å². The summed E-state index contributed by atoms with van der Waals surface area (Å²) in [6.07, 6.45) is 10.3. The molecule has 1 aromatic carbocycles. The van der Waals surface area contributed by atoms with Crippen LogP contribution < -0.4 is 5.32 Å². The Morgan fingerprint density at radius 3 is 2.25 bits per heavy atom. The molecule has 4 amide bonds. The molecular formula is C44H64N6O7. The monoisotopic (exact) mass is 788 g/mol. The number of aliphatic hydroxyl groups is 1. The van der Waals surface area contributed by atoms with Crippen molar-refractivity contribution < 1.29 is 33.8 Å². The Labute approximate surface area is 337 Å². The summed E-state index contributed by atoms with van der Waals surface area (Å²) in [6, 6.07) is 10.2. The Hall–Kier alpha value is -4.39. The minimum absolute atomic E-state index is 0.0256. The summed E-state index contributed by atoms with van der Waals surface area (Å²) < 4.78 is 7.33. The molecule has 13 nitrogen and oxygen atoms in total. The average molecular weight is 789 g/mol. The average Bonchev–Trinajstić information content (AvgIpc) is 3.98. The smallest absolute Gasteiger partial charge is 0.312 e. The number of carbonyl (C=O) groups is 5. The minimum Gasteiger partial charge on any atom is -0.466 e. The van der Waals surface area contributed by atoms with Crippen molar-refractivity contribution in [2.45, 2.75) is 118 Å². The maximum atomic E-state index is 13.7. The fourth-order valence-electron chi connectivity index (χ4n) is 8.81. The van der Waals surface area contributed by atoms with Crippen molar-refractivity contribution in [2.24, 2.45) is 34.5 Å². The first-order valence-corrected chi connectivity index (χ1v) is 20.9. The van der Waals surface area contributed by atoms with E-state index >= 15 is 0 Å². The molecule has 1 saturated carbocycles. The van der Waals surface area contributed by atoms with Crippen LogP contribution in [0.25, 0.3) is 0 Å². The number of aliphatic hydroxyl groups excluding tert-OH is 1. The normalized spacial score (nSPS) is 20.9. The van der Waals surface area contributed by atoms with Crippen LogP contribution in [0.2, 0.25) is 0 Å². The zero-order valence-corrected chi connectivity index (χ0v) is 35.0. The van der Waals surface area contributed by atoms with Crippen molar-refractivity contribution in [1.29, 1.82) is 0 Å². The number of hydrogen-bond acceptors (Lipinski definition) is 9. The Kier molecular flexibility index (Phi) is 14.2. The summed E-state index contributed by atoms with van der Waals surface area (Å²) in [5.74, 6) is -0.787. The first-order valence-electron chi connectivity index (χ1n) is 20.9. The number of nitrogens with zero attached hydrogens (tertiary/aromatic N) is 5. The van der Waals surface area contributed by atoms with Gasteiger partial charge in [-0.25, -0.2) is 4.68 Å². The summed E-state index contributed by atoms with van der Waals surface area (Å²) in [7, 11) is 0. The van der Waals surface area contributed by atoms with Crippen LogP contribution in [-0.2, 0) is 40.8 Å². The van der Waals surface area contributed by atoms with Crippen molar-refractivity contribution in [2.75, 3.05) is 32.8 Å². The highest BCUT2D eigenvalue weighted by Crippen LogP contribution is 2.53. The topological polar surface area (TPSA) is 164 Å². The van der Waals surface area contributed by atoms with Gasteiger partial charge in [-0.05, 0) is 89.5 Å². The van der Waals surface area contributed by atoms with Gasteiger partial charge in [0.1, 0.15) is 5.69 Å². The van der Waals surface area contributed by atoms with E-state index in [9.17, 15) is 24.0 Å². The predicted molar refractivity (Wildman–Crippen MR) is 215 cm³/mol. The zero-order chi connectivity index (χ0) is 41.5. The van der Waals surface area contributed by atoms with Crippen molar-refractivity contribution in [1.82, 2.24) is 30.1 Å². The van der Waals surface area contributed by atoms with Gasteiger partial charge in [0.05, 0.1) is 42.1 Å². The number of aromatic nitrogens is 3. The maximum absolute atomic E-state index is 13.7. The molecule has 0 spiro atoms. The summed E-state index contributed by atoms with van der Waals surface area (Å²) in [6.45, 7) is 15.4. The zero-order valence-electron chi connectivity index (χ0n) is 35.0. The van der Waals surface area contributed by atoms with E-state index in [-0.39, 0.29) is 91.7 Å². The number of fused-ring (bicyclic) bond motifs is 5. The van der Waals surface area contributed by atoms with E-state index < -0.39 is 16.4 Å². The molecule has 1 unspecified atom stereocenters. The lowest BCUT2D eigenvalue weighted by Gasteiger charge is -2.45. The number of carbonyl (C=O) groups excluding carboxylic acids is 5. The minimum atomic E-state index is -0.773. The SMILES string of the molecule is CCOC(=O)C(C)(C)C(C)(C)CC(c1ccccc1)C(C)(C)n1cc(CN(CCC(=O)NCCCO)C(=O)CCCCCN2C(=O)[C@@H]3[C@H](C2=O)[C@H]2C=C[C@@H]3C2)nn1. The van der Waals surface area contributed by atoms with E-state index in [1.54, 1.807) is 4.90 Å². The largest absolute Gasteiger partial charge is 0.466 e. The number of imide groups is 1. The standard InChI is InChI=1S/C44H64N6O7/c1-8-57-41(56)43(4,5)42(2,3)27-34(30-16-11-9-12-17-30)44(6,7)50-29-33(46-47-50)28-48(24-21-35(52)45-22-15-25-51)36(53)18-13-10-14-23-49-39(54)37-31-19-20-32(26-31)38(37)40(49)55/h9,11-12,16-17,19-20,29,31-32,34,37-38,51H,8,10,13-15,18,21-28H2,1-7H3,(H,45,52)/t31-,32+,34?,37+,38-. The van der Waals surface area contributed by atoms with Crippen LogP contribution in [0.5, 0.6) is 0 Å². The molecule has 2 bridgehead atoms. The maximum Gasteiger partial charge on any atom is 0.312 e. The third kappa shape index (κ3) is 9.67. The lowest BCUT2D eigenvalue weighted by Crippen LogP contribution is -2.45. The van der Waals surface area contributed by atoms with Gasteiger partial charge in [0.2, 0.25) is 23.6 Å². The van der Waals surface area contributed by atoms with E-state index in [1.165, 1.54) is 4.90 Å². The second-order valence-corrected chi connectivity index (χ2v) is 17.8. The number of rotatable bonds is 22. The molecule has 312 valence electrons. The number of esters is 1. The highest BCUT2D eigenvalue weighted by molar-refractivity contribution is 6.06. The number of unbranched alkanes of at least 4 members (excludes halogenated alkanes) is 2. The van der Waals surface area contributed by atoms with Crippen LogP contribution in [0.4, 0.5) is 0 Å². The van der Waals surface area contributed by atoms with Gasteiger partial charge in [-0.2, -0.15) is 0 Å². The van der Waals surface area contributed by atoms with Crippen LogP contribution in [0.3, 0.4) is 0 Å². The van der Waals surface area contributed by atoms with Crippen molar-refractivity contribution in [3.8, 4) is 0 Å². The van der Waals surface area contributed by atoms with E-state index in [1.807, 2.05) is 49.8 Å². The number of hydrogen-bond donors (Lipinski definition) is 2. The fourth-order valence-corrected chi connectivity index (χ4v) is 8.81. The Balaban J connectivity index is 1.25. The number of likely N-dealkylation sites (tertiary alicyclic amines) is 1. The van der Waals surface area contributed by atoms with Crippen LogP contribution in [0, 0.1) is 34.5 Å².